The van der Waals surface area contributed by atoms with Gasteiger partial charge in [-0.2, -0.15) is 0 Å². The lowest BCUT2D eigenvalue weighted by molar-refractivity contribution is 0.0833. The summed E-state index contributed by atoms with van der Waals surface area (Å²) < 4.78 is 28.8. The van der Waals surface area contributed by atoms with Gasteiger partial charge in [-0.25, -0.2) is 17.7 Å². The molecule has 0 bridgehead atoms. The summed E-state index contributed by atoms with van der Waals surface area (Å²) >= 11 is 0. The quantitative estimate of drug-likeness (QED) is 0.720. The van der Waals surface area contributed by atoms with Gasteiger partial charge in [0.2, 0.25) is 5.96 Å². The predicted octanol–water partition coefficient (Wildman–Crippen LogP) is 3.12. The van der Waals surface area contributed by atoms with E-state index in [1.807, 2.05) is 12.1 Å². The maximum Gasteiger partial charge on any atom is 0.266 e. The first-order valence-corrected chi connectivity index (χ1v) is 13.1. The molecule has 4 aliphatic rings. The van der Waals surface area contributed by atoms with Crippen LogP contribution in [0.2, 0.25) is 0 Å². The zero-order chi connectivity index (χ0) is 20.9. The van der Waals surface area contributed by atoms with E-state index in [4.69, 9.17) is 4.99 Å². The fourth-order valence-electron chi connectivity index (χ4n) is 4.88. The Morgan fingerprint density at radius 3 is 2.17 bits per heavy atom. The van der Waals surface area contributed by atoms with Gasteiger partial charge in [0, 0.05) is 32.2 Å². The van der Waals surface area contributed by atoms with E-state index < -0.39 is 10.0 Å². The van der Waals surface area contributed by atoms with E-state index in [1.165, 1.54) is 32.1 Å². The number of benzene rings is 1. The van der Waals surface area contributed by atoms with Crippen LogP contribution in [0.25, 0.3) is 0 Å². The number of hydrogen-bond acceptors (Lipinski definition) is 5. The average Bonchev–Trinajstić information content (AvgIpc) is 3.45. The van der Waals surface area contributed by atoms with Gasteiger partial charge in [-0.3, -0.25) is 4.90 Å². The maximum absolute atomic E-state index is 13.6. The number of sulfonamides is 1. The Morgan fingerprint density at radius 1 is 0.967 bits per heavy atom. The lowest BCUT2D eigenvalue weighted by Gasteiger charge is -2.44. The Labute approximate surface area is 181 Å². The van der Waals surface area contributed by atoms with Crippen LogP contribution in [0.4, 0.5) is 0 Å². The molecule has 0 spiro atoms. The maximum atomic E-state index is 13.6. The average molecular weight is 431 g/mol. The normalized spacial score (nSPS) is 26.2. The highest BCUT2D eigenvalue weighted by molar-refractivity contribution is 7.89. The summed E-state index contributed by atoms with van der Waals surface area (Å²) in [5.74, 6) is 1.63. The van der Waals surface area contributed by atoms with Gasteiger partial charge in [0.1, 0.15) is 0 Å². The summed E-state index contributed by atoms with van der Waals surface area (Å²) in [6.07, 6.45) is 6.33. The minimum absolute atomic E-state index is 0.120. The Kier molecular flexibility index (Phi) is 5.30. The summed E-state index contributed by atoms with van der Waals surface area (Å²) in [6.45, 7) is 8.49. The van der Waals surface area contributed by atoms with Crippen LogP contribution >= 0.6 is 0 Å². The van der Waals surface area contributed by atoms with Crippen molar-refractivity contribution in [2.45, 2.75) is 68.8 Å². The fourth-order valence-corrected chi connectivity index (χ4v) is 6.34. The lowest BCUT2D eigenvalue weighted by atomic mass is 9.91. The van der Waals surface area contributed by atoms with Gasteiger partial charge >= 0.3 is 0 Å². The first-order chi connectivity index (χ1) is 14.4. The van der Waals surface area contributed by atoms with Gasteiger partial charge in [0.15, 0.2) is 0 Å². The van der Waals surface area contributed by atoms with Gasteiger partial charge in [-0.1, -0.05) is 32.4 Å². The van der Waals surface area contributed by atoms with Crippen molar-refractivity contribution in [3.63, 3.8) is 0 Å². The third kappa shape index (κ3) is 3.75. The molecule has 1 aromatic carbocycles. The van der Waals surface area contributed by atoms with Crippen LogP contribution in [0, 0.1) is 5.92 Å². The molecular weight excluding hydrogens is 396 g/mol. The molecule has 2 saturated carbocycles. The predicted molar refractivity (Wildman–Crippen MR) is 119 cm³/mol. The largest absolute Gasteiger partial charge is 0.339 e. The molecule has 0 radical (unpaired) electrons. The van der Waals surface area contributed by atoms with Crippen LogP contribution in [0.15, 0.2) is 34.2 Å². The second kappa shape index (κ2) is 7.83. The summed E-state index contributed by atoms with van der Waals surface area (Å²) in [5, 5.41) is 0. The van der Waals surface area contributed by atoms with E-state index in [1.54, 1.807) is 16.4 Å². The molecule has 1 aromatic rings. The second-order valence-electron chi connectivity index (χ2n) is 9.70. The van der Waals surface area contributed by atoms with E-state index in [0.717, 1.165) is 37.8 Å². The van der Waals surface area contributed by atoms with E-state index in [9.17, 15) is 8.42 Å². The zero-order valence-electron chi connectivity index (χ0n) is 18.2. The van der Waals surface area contributed by atoms with Crippen LogP contribution in [0.3, 0.4) is 0 Å². The number of rotatable bonds is 5. The van der Waals surface area contributed by atoms with Crippen molar-refractivity contribution >= 4 is 16.0 Å². The highest BCUT2D eigenvalue weighted by Gasteiger charge is 2.44. The van der Waals surface area contributed by atoms with Gasteiger partial charge < -0.3 is 4.90 Å². The minimum Gasteiger partial charge on any atom is -0.339 e. The number of guanidine groups is 1. The molecule has 1 saturated heterocycles. The molecular formula is C23H34N4O2S. The second-order valence-corrected chi connectivity index (χ2v) is 11.6. The topological polar surface area (TPSA) is 56.2 Å². The van der Waals surface area contributed by atoms with Crippen LogP contribution < -0.4 is 0 Å². The molecule has 6 nitrogen and oxygen atoms in total. The molecule has 2 aliphatic heterocycles. The van der Waals surface area contributed by atoms with Crippen LogP contribution in [0.1, 0.15) is 57.4 Å². The molecule has 164 valence electrons. The van der Waals surface area contributed by atoms with Crippen molar-refractivity contribution in [2.24, 2.45) is 10.9 Å². The van der Waals surface area contributed by atoms with Gasteiger partial charge in [0.25, 0.3) is 10.0 Å². The van der Waals surface area contributed by atoms with Crippen molar-refractivity contribution in [1.29, 1.82) is 0 Å². The first-order valence-electron chi connectivity index (χ1n) is 11.6. The highest BCUT2D eigenvalue weighted by Crippen LogP contribution is 2.38. The Morgan fingerprint density at radius 2 is 1.63 bits per heavy atom. The van der Waals surface area contributed by atoms with E-state index in [2.05, 4.69) is 23.6 Å². The van der Waals surface area contributed by atoms with Crippen LogP contribution in [-0.2, 0) is 10.0 Å². The number of piperazine rings is 1. The van der Waals surface area contributed by atoms with E-state index in [0.29, 0.717) is 29.2 Å². The molecule has 0 amide bonds. The third-order valence-electron chi connectivity index (χ3n) is 7.35. The molecule has 0 aromatic heterocycles. The fraction of sp³-hybridized carbons (Fsp3) is 0.696. The van der Waals surface area contributed by atoms with Crippen LogP contribution in [-0.4, -0.2) is 73.3 Å². The standard InChI is InChI=1S/C23H34N4O2S/c1-17(2)18-8-10-21(11-9-18)30(28,29)27-16-22(19-6-7-19)24-23(27)26-14-12-25(13-15-26)20-4-3-5-20/h8-11,17,19-20,22H,3-7,12-16H2,1-2H3. The number of aliphatic imine (C=N–C) groups is 1. The van der Waals surface area contributed by atoms with Crippen molar-refractivity contribution in [3.8, 4) is 0 Å². The third-order valence-corrected chi connectivity index (χ3v) is 9.11. The molecule has 1 unspecified atom stereocenters. The molecule has 2 heterocycles. The lowest BCUT2D eigenvalue weighted by Crippen LogP contribution is -2.56. The first kappa shape index (κ1) is 20.3. The van der Waals surface area contributed by atoms with Crippen molar-refractivity contribution in [2.75, 3.05) is 32.7 Å². The van der Waals surface area contributed by atoms with E-state index >= 15 is 0 Å². The molecule has 2 aliphatic carbocycles. The molecule has 3 fully saturated rings. The molecule has 7 heteroatoms. The summed E-state index contributed by atoms with van der Waals surface area (Å²) in [5.41, 5.74) is 1.16. The Bertz CT molecular complexity index is 896. The molecule has 1 atom stereocenters. The van der Waals surface area contributed by atoms with E-state index in [-0.39, 0.29) is 6.04 Å². The van der Waals surface area contributed by atoms with Gasteiger partial charge in [0.05, 0.1) is 17.5 Å². The number of hydrogen-bond donors (Lipinski definition) is 0. The highest BCUT2D eigenvalue weighted by atomic mass is 32.2. The van der Waals surface area contributed by atoms with Crippen LogP contribution in [0.5, 0.6) is 0 Å². The number of nitrogens with zero attached hydrogens (tertiary/aromatic N) is 4. The minimum atomic E-state index is -3.59. The Hall–Kier alpha value is -1.60. The SMILES string of the molecule is CC(C)c1ccc(S(=O)(=O)N2CC(C3CC3)N=C2N2CCN(C3CCC3)CC2)cc1. The summed E-state index contributed by atoms with van der Waals surface area (Å²) in [4.78, 5) is 10.1. The zero-order valence-corrected chi connectivity index (χ0v) is 19.0. The van der Waals surface area contributed by atoms with Crippen molar-refractivity contribution < 1.29 is 8.42 Å². The molecule has 5 rings (SSSR count). The van der Waals surface area contributed by atoms with Crippen molar-refractivity contribution in [3.05, 3.63) is 29.8 Å². The monoisotopic (exact) mass is 430 g/mol. The molecule has 0 N–H and O–H groups in total. The summed E-state index contributed by atoms with van der Waals surface area (Å²) in [6, 6.07) is 8.29. The Balaban J connectivity index is 1.36. The summed E-state index contributed by atoms with van der Waals surface area (Å²) in [7, 11) is -3.59. The smallest absolute Gasteiger partial charge is 0.266 e. The van der Waals surface area contributed by atoms with Gasteiger partial charge in [-0.15, -0.1) is 0 Å². The molecule has 30 heavy (non-hydrogen) atoms. The van der Waals surface area contributed by atoms with Crippen molar-refractivity contribution in [1.82, 2.24) is 14.1 Å². The van der Waals surface area contributed by atoms with Gasteiger partial charge in [-0.05, 0) is 55.2 Å².